The second-order valence-corrected chi connectivity index (χ2v) is 5.35. The van der Waals surface area contributed by atoms with Crippen LogP contribution in [0, 0.1) is 11.3 Å². The van der Waals surface area contributed by atoms with E-state index in [4.69, 9.17) is 5.26 Å². The lowest BCUT2D eigenvalue weighted by atomic mass is 10.1. The van der Waals surface area contributed by atoms with Gasteiger partial charge in [0, 0.05) is 30.4 Å². The molecule has 3 aromatic rings. The van der Waals surface area contributed by atoms with Crippen LogP contribution in [0.2, 0.25) is 0 Å². The monoisotopic (exact) mass is 308 g/mol. The minimum atomic E-state index is 0.636. The van der Waals surface area contributed by atoms with Gasteiger partial charge in [0.05, 0.1) is 23.5 Å². The van der Waals surface area contributed by atoms with E-state index in [9.17, 15) is 0 Å². The molecule has 0 aliphatic rings. The summed E-state index contributed by atoms with van der Waals surface area (Å²) < 4.78 is 1.87. The molecule has 0 atom stereocenters. The number of thiazole rings is 1. The molecule has 22 heavy (non-hydrogen) atoms. The van der Waals surface area contributed by atoms with Crippen LogP contribution < -0.4 is 5.43 Å². The number of rotatable bonds is 4. The minimum Gasteiger partial charge on any atom is -0.333 e. The predicted octanol–water partition coefficient (Wildman–Crippen LogP) is 2.86. The summed E-state index contributed by atoms with van der Waals surface area (Å²) in [7, 11) is 1.90. The highest BCUT2D eigenvalue weighted by Crippen LogP contribution is 2.25. The second kappa shape index (κ2) is 6.20. The Bertz CT molecular complexity index is 838. The van der Waals surface area contributed by atoms with E-state index >= 15 is 0 Å². The van der Waals surface area contributed by atoms with E-state index in [1.165, 1.54) is 11.3 Å². The smallest absolute Gasteiger partial charge is 0.203 e. The van der Waals surface area contributed by atoms with Gasteiger partial charge in [-0.05, 0) is 12.1 Å². The minimum absolute atomic E-state index is 0.636. The SMILES string of the molecule is Cn1ccnc1C=NNc1nc(-c2ccc(C#N)cc2)cs1. The zero-order valence-electron chi connectivity index (χ0n) is 11.8. The highest BCUT2D eigenvalue weighted by atomic mass is 32.1. The molecule has 6 nitrogen and oxygen atoms in total. The fourth-order valence-electron chi connectivity index (χ4n) is 1.82. The Morgan fingerprint density at radius 3 is 2.86 bits per heavy atom. The Morgan fingerprint density at radius 2 is 2.18 bits per heavy atom. The van der Waals surface area contributed by atoms with Crippen molar-refractivity contribution in [1.29, 1.82) is 5.26 Å². The number of benzene rings is 1. The van der Waals surface area contributed by atoms with E-state index in [0.717, 1.165) is 17.1 Å². The topological polar surface area (TPSA) is 78.9 Å². The maximum atomic E-state index is 8.80. The summed E-state index contributed by atoms with van der Waals surface area (Å²) in [6.45, 7) is 0. The Hall–Kier alpha value is -2.98. The number of nitrogens with one attached hydrogen (secondary N) is 1. The van der Waals surface area contributed by atoms with Crippen LogP contribution in [-0.2, 0) is 7.05 Å². The zero-order chi connectivity index (χ0) is 15.4. The molecule has 3 rings (SSSR count). The molecule has 7 heteroatoms. The first kappa shape index (κ1) is 14.0. The van der Waals surface area contributed by atoms with Gasteiger partial charge in [-0.15, -0.1) is 11.3 Å². The molecule has 0 saturated carbocycles. The van der Waals surface area contributed by atoms with Crippen molar-refractivity contribution >= 4 is 22.7 Å². The van der Waals surface area contributed by atoms with E-state index in [-0.39, 0.29) is 0 Å². The molecule has 0 saturated heterocycles. The lowest BCUT2D eigenvalue weighted by Gasteiger charge is -1.96. The van der Waals surface area contributed by atoms with Crippen molar-refractivity contribution in [2.75, 3.05) is 5.43 Å². The van der Waals surface area contributed by atoms with Gasteiger partial charge in [-0.3, -0.25) is 5.43 Å². The molecule has 0 radical (unpaired) electrons. The third-order valence-electron chi connectivity index (χ3n) is 3.01. The molecule has 0 fully saturated rings. The lowest BCUT2D eigenvalue weighted by molar-refractivity contribution is 0.901. The fourth-order valence-corrected chi connectivity index (χ4v) is 2.49. The molecule has 0 unspecified atom stereocenters. The number of anilines is 1. The predicted molar refractivity (Wildman–Crippen MR) is 86.7 cm³/mol. The Kier molecular flexibility index (Phi) is 3.94. The van der Waals surface area contributed by atoms with Gasteiger partial charge in [-0.25, -0.2) is 9.97 Å². The van der Waals surface area contributed by atoms with Gasteiger partial charge < -0.3 is 4.57 Å². The summed E-state index contributed by atoms with van der Waals surface area (Å²) in [4.78, 5) is 8.61. The van der Waals surface area contributed by atoms with Gasteiger partial charge >= 0.3 is 0 Å². The number of nitrogens with zero attached hydrogens (tertiary/aromatic N) is 5. The molecule has 108 valence electrons. The average Bonchev–Trinajstić information content (AvgIpc) is 3.17. The van der Waals surface area contributed by atoms with Crippen LogP contribution in [0.5, 0.6) is 0 Å². The van der Waals surface area contributed by atoms with E-state index in [2.05, 4.69) is 26.6 Å². The highest BCUT2D eigenvalue weighted by Gasteiger charge is 2.04. The number of aryl methyl sites for hydroxylation is 1. The quantitative estimate of drug-likeness (QED) is 0.594. The van der Waals surface area contributed by atoms with Crippen LogP contribution in [0.4, 0.5) is 5.13 Å². The molecular weight excluding hydrogens is 296 g/mol. The Labute approximate surface area is 131 Å². The Morgan fingerprint density at radius 1 is 1.36 bits per heavy atom. The third kappa shape index (κ3) is 3.02. The van der Waals surface area contributed by atoms with E-state index in [1.807, 2.05) is 35.3 Å². The summed E-state index contributed by atoms with van der Waals surface area (Å²) in [6, 6.07) is 9.42. The van der Waals surface area contributed by atoms with Crippen LogP contribution in [0.3, 0.4) is 0 Å². The molecule has 2 heterocycles. The van der Waals surface area contributed by atoms with Crippen molar-refractivity contribution < 1.29 is 0 Å². The summed E-state index contributed by atoms with van der Waals surface area (Å²) in [6.07, 6.45) is 5.21. The first-order valence-electron chi connectivity index (χ1n) is 6.49. The molecule has 0 amide bonds. The van der Waals surface area contributed by atoms with E-state index in [0.29, 0.717) is 10.7 Å². The van der Waals surface area contributed by atoms with Gasteiger partial charge in [0.1, 0.15) is 0 Å². The van der Waals surface area contributed by atoms with Crippen LogP contribution in [0.1, 0.15) is 11.4 Å². The van der Waals surface area contributed by atoms with Gasteiger partial charge in [-0.1, -0.05) is 12.1 Å². The summed E-state index contributed by atoms with van der Waals surface area (Å²) >= 11 is 1.47. The second-order valence-electron chi connectivity index (χ2n) is 4.49. The summed E-state index contributed by atoms with van der Waals surface area (Å²) in [5.74, 6) is 0.761. The molecule has 1 N–H and O–H groups in total. The summed E-state index contributed by atoms with van der Waals surface area (Å²) in [5.41, 5.74) is 5.35. The number of hydrazone groups is 1. The van der Waals surface area contributed by atoms with Crippen molar-refractivity contribution in [2.45, 2.75) is 0 Å². The average molecular weight is 308 g/mol. The molecule has 0 aliphatic heterocycles. The van der Waals surface area contributed by atoms with Gasteiger partial charge in [0.25, 0.3) is 0 Å². The van der Waals surface area contributed by atoms with Crippen molar-refractivity contribution in [2.24, 2.45) is 12.1 Å². The number of hydrogen-bond donors (Lipinski definition) is 1. The normalized spacial score (nSPS) is 10.7. The molecule has 0 bridgehead atoms. The highest BCUT2D eigenvalue weighted by molar-refractivity contribution is 7.14. The molecule has 1 aromatic carbocycles. The van der Waals surface area contributed by atoms with Gasteiger partial charge in [0.2, 0.25) is 5.13 Å². The first-order chi connectivity index (χ1) is 10.8. The number of aromatic nitrogens is 3. The Balaban J connectivity index is 1.69. The van der Waals surface area contributed by atoms with Crippen molar-refractivity contribution in [1.82, 2.24) is 14.5 Å². The van der Waals surface area contributed by atoms with Crippen LogP contribution >= 0.6 is 11.3 Å². The standard InChI is InChI=1S/C15H12N6S/c1-21-7-6-17-14(21)9-18-20-15-19-13(10-22-15)12-4-2-11(8-16)3-5-12/h2-7,9-10H,1H3,(H,19,20). The van der Waals surface area contributed by atoms with Gasteiger partial charge in [-0.2, -0.15) is 10.4 Å². The molecular formula is C15H12N6S. The van der Waals surface area contributed by atoms with E-state index in [1.54, 1.807) is 24.5 Å². The number of nitriles is 1. The largest absolute Gasteiger partial charge is 0.333 e. The lowest BCUT2D eigenvalue weighted by Crippen LogP contribution is -1.97. The third-order valence-corrected chi connectivity index (χ3v) is 3.76. The molecule has 2 aromatic heterocycles. The van der Waals surface area contributed by atoms with Crippen molar-refractivity contribution in [3.05, 3.63) is 53.4 Å². The van der Waals surface area contributed by atoms with Crippen molar-refractivity contribution in [3.63, 3.8) is 0 Å². The van der Waals surface area contributed by atoms with E-state index < -0.39 is 0 Å². The maximum Gasteiger partial charge on any atom is 0.203 e. The van der Waals surface area contributed by atoms with Crippen LogP contribution in [-0.4, -0.2) is 20.7 Å². The maximum absolute atomic E-state index is 8.80. The number of hydrogen-bond acceptors (Lipinski definition) is 6. The van der Waals surface area contributed by atoms with Crippen molar-refractivity contribution in [3.8, 4) is 17.3 Å². The first-order valence-corrected chi connectivity index (χ1v) is 7.36. The molecule has 0 aliphatic carbocycles. The van der Waals surface area contributed by atoms with Crippen LogP contribution in [0.15, 0.2) is 47.1 Å². The van der Waals surface area contributed by atoms with Gasteiger partial charge in [0.15, 0.2) is 5.82 Å². The number of imidazole rings is 1. The van der Waals surface area contributed by atoms with Crippen LogP contribution in [0.25, 0.3) is 11.3 Å². The summed E-state index contributed by atoms with van der Waals surface area (Å²) in [5, 5.41) is 15.6. The zero-order valence-corrected chi connectivity index (χ0v) is 12.6. The molecule has 0 spiro atoms. The fraction of sp³-hybridized carbons (Fsp3) is 0.0667.